The summed E-state index contributed by atoms with van der Waals surface area (Å²) in [5, 5.41) is 1.46. The molecule has 3 aromatic carbocycles. The van der Waals surface area contributed by atoms with Crippen molar-refractivity contribution >= 4 is 17.9 Å². The van der Waals surface area contributed by atoms with Gasteiger partial charge >= 0.3 is 218 Å². The third kappa shape index (κ3) is 10.3. The van der Waals surface area contributed by atoms with Crippen molar-refractivity contribution in [2.24, 2.45) is 0 Å². The van der Waals surface area contributed by atoms with Crippen molar-refractivity contribution in [2.45, 2.75) is 118 Å². The fourth-order valence-corrected chi connectivity index (χ4v) is 9.75. The van der Waals surface area contributed by atoms with E-state index in [2.05, 4.69) is 19.1 Å². The molecule has 0 aliphatic rings. The monoisotopic (exact) mass is 604 g/mol. The van der Waals surface area contributed by atoms with Gasteiger partial charge in [0.15, 0.2) is 0 Å². The van der Waals surface area contributed by atoms with E-state index >= 15 is 0 Å². The van der Waals surface area contributed by atoms with Gasteiger partial charge in [-0.15, -0.1) is 0 Å². The average molecular weight is 605 g/mol. The van der Waals surface area contributed by atoms with E-state index in [-0.39, 0.29) is 0 Å². The SMILES string of the molecule is CCCCCCCC/C=C\CCCCCCCCOP(O)(Oc1ccccc1C)(c1ccccc1C)c1ccccc1C. The average Bonchev–Trinajstić information content (AvgIpc) is 3.00. The summed E-state index contributed by atoms with van der Waals surface area (Å²) in [4.78, 5) is 13.2. The van der Waals surface area contributed by atoms with Crippen LogP contribution >= 0.6 is 7.28 Å². The molecule has 0 amide bonds. The molecule has 1 N–H and O–H groups in total. The van der Waals surface area contributed by atoms with E-state index in [9.17, 15) is 4.89 Å². The van der Waals surface area contributed by atoms with Crippen LogP contribution in [0.15, 0.2) is 84.9 Å². The van der Waals surface area contributed by atoms with Gasteiger partial charge in [-0.1, -0.05) is 39.0 Å². The Morgan fingerprint density at radius 2 is 1.00 bits per heavy atom. The molecule has 0 bridgehead atoms. The Hall–Kier alpha value is -2.45. The molecular weight excluding hydrogens is 547 g/mol. The summed E-state index contributed by atoms with van der Waals surface area (Å²) in [6, 6.07) is 23.8. The van der Waals surface area contributed by atoms with Crippen molar-refractivity contribution in [3.63, 3.8) is 0 Å². The van der Waals surface area contributed by atoms with Gasteiger partial charge in [0, 0.05) is 0 Å². The van der Waals surface area contributed by atoms with Crippen molar-refractivity contribution < 1.29 is 13.9 Å². The molecule has 4 heteroatoms. The maximum absolute atomic E-state index is 13.2. The Bertz CT molecular complexity index is 1200. The Labute approximate surface area is 262 Å². The number of hydrogen-bond acceptors (Lipinski definition) is 3. The van der Waals surface area contributed by atoms with Crippen LogP contribution in [0.4, 0.5) is 0 Å². The molecule has 0 aromatic heterocycles. The quantitative estimate of drug-likeness (QED) is 0.0747. The third-order valence-corrected chi connectivity index (χ3v) is 12.3. The van der Waals surface area contributed by atoms with E-state index < -0.39 is 7.28 Å². The second-order valence-corrected chi connectivity index (χ2v) is 15.3. The number of allylic oxidation sites excluding steroid dienone is 2. The molecule has 3 aromatic rings. The molecule has 0 radical (unpaired) electrons. The van der Waals surface area contributed by atoms with Gasteiger partial charge in [0.2, 0.25) is 0 Å². The second-order valence-electron chi connectivity index (χ2n) is 12.1. The van der Waals surface area contributed by atoms with Gasteiger partial charge in [-0.3, -0.25) is 0 Å². The number of rotatable bonds is 21. The third-order valence-electron chi connectivity index (χ3n) is 8.43. The van der Waals surface area contributed by atoms with Crippen molar-refractivity contribution in [1.82, 2.24) is 0 Å². The molecule has 0 saturated carbocycles. The van der Waals surface area contributed by atoms with Crippen molar-refractivity contribution in [3.05, 3.63) is 102 Å². The van der Waals surface area contributed by atoms with Gasteiger partial charge in [-0.05, 0) is 6.42 Å². The molecule has 0 unspecified atom stereocenters. The van der Waals surface area contributed by atoms with E-state index in [0.717, 1.165) is 40.1 Å². The van der Waals surface area contributed by atoms with E-state index in [4.69, 9.17) is 9.05 Å². The Balaban J connectivity index is 1.58. The summed E-state index contributed by atoms with van der Waals surface area (Å²) in [5.41, 5.74) is 2.88. The van der Waals surface area contributed by atoms with Crippen LogP contribution in [-0.2, 0) is 4.52 Å². The molecule has 3 rings (SSSR count). The summed E-state index contributed by atoms with van der Waals surface area (Å²) in [6.07, 6.45) is 22.3. The number of para-hydroxylation sites is 1. The van der Waals surface area contributed by atoms with Crippen LogP contribution in [0, 0.1) is 20.8 Å². The Morgan fingerprint density at radius 1 is 0.558 bits per heavy atom. The molecule has 0 atom stereocenters. The van der Waals surface area contributed by atoms with Gasteiger partial charge in [0.1, 0.15) is 0 Å². The van der Waals surface area contributed by atoms with Gasteiger partial charge in [-0.25, -0.2) is 0 Å². The molecule has 0 spiro atoms. The normalized spacial score (nSPS) is 12.8. The Kier molecular flexibility index (Phi) is 15.0. The van der Waals surface area contributed by atoms with Crippen molar-refractivity contribution in [1.29, 1.82) is 0 Å². The topological polar surface area (TPSA) is 38.7 Å². The van der Waals surface area contributed by atoms with Crippen LogP contribution in [0.1, 0.15) is 114 Å². The zero-order valence-electron chi connectivity index (χ0n) is 27.4. The number of unbranched alkanes of at least 4 members (excludes halogenated alkanes) is 12. The first-order valence-electron chi connectivity index (χ1n) is 16.8. The summed E-state index contributed by atoms with van der Waals surface area (Å²) in [6.45, 7) is 8.78. The predicted molar refractivity (Wildman–Crippen MR) is 188 cm³/mol. The number of aryl methyl sites for hydroxylation is 3. The summed E-state index contributed by atoms with van der Waals surface area (Å²) < 4.78 is 13.6. The van der Waals surface area contributed by atoms with Crippen LogP contribution < -0.4 is 15.1 Å². The molecular formula is C39H57O3P. The van der Waals surface area contributed by atoms with Gasteiger partial charge in [0.05, 0.1) is 0 Å². The van der Waals surface area contributed by atoms with E-state index in [1.165, 1.54) is 77.0 Å². The van der Waals surface area contributed by atoms with Gasteiger partial charge in [-0.2, -0.15) is 0 Å². The molecule has 236 valence electrons. The van der Waals surface area contributed by atoms with E-state index in [0.29, 0.717) is 12.4 Å². The summed E-state index contributed by atoms with van der Waals surface area (Å²) >= 11 is 0. The first kappa shape index (κ1) is 35.0. The minimum atomic E-state index is -4.55. The standard InChI is InChI=1S/C39H57O3P/c1-5-6-7-8-9-10-11-12-13-14-15-16-17-18-19-26-33-41-43(40,38-31-24-21-28-35(38)3,39-32-25-22-29-36(39)4)42-37-30-23-20-27-34(37)2/h12-13,20-25,27-32,40H,5-11,14-19,26,33H2,1-4H3/b13-12-. The van der Waals surface area contributed by atoms with Crippen LogP contribution in [-0.4, -0.2) is 11.5 Å². The summed E-state index contributed by atoms with van der Waals surface area (Å²) in [7, 11) is -4.55. The zero-order chi connectivity index (χ0) is 30.8. The summed E-state index contributed by atoms with van der Waals surface area (Å²) in [5.74, 6) is 0.648. The molecule has 0 fully saturated rings. The first-order valence-corrected chi connectivity index (χ1v) is 18.9. The van der Waals surface area contributed by atoms with Crippen molar-refractivity contribution in [3.8, 4) is 5.75 Å². The molecule has 0 heterocycles. The molecule has 3 nitrogen and oxygen atoms in total. The number of benzene rings is 3. The van der Waals surface area contributed by atoms with E-state index in [1.807, 2.05) is 93.6 Å². The van der Waals surface area contributed by atoms with Crippen LogP contribution in [0.2, 0.25) is 0 Å². The fraction of sp³-hybridized carbons (Fsp3) is 0.487. The Morgan fingerprint density at radius 3 is 1.51 bits per heavy atom. The number of hydrogen-bond donors (Lipinski definition) is 1. The van der Waals surface area contributed by atoms with Crippen LogP contribution in [0.25, 0.3) is 0 Å². The molecule has 43 heavy (non-hydrogen) atoms. The van der Waals surface area contributed by atoms with Crippen LogP contribution in [0.3, 0.4) is 0 Å². The second kappa shape index (κ2) is 18.4. The first-order chi connectivity index (χ1) is 20.9. The minimum absolute atomic E-state index is 0.435. The zero-order valence-corrected chi connectivity index (χ0v) is 28.3. The fourth-order valence-electron chi connectivity index (χ4n) is 5.83. The predicted octanol–water partition coefficient (Wildman–Crippen LogP) is 11.0. The van der Waals surface area contributed by atoms with E-state index in [1.54, 1.807) is 0 Å². The van der Waals surface area contributed by atoms with Crippen molar-refractivity contribution in [2.75, 3.05) is 6.61 Å². The molecule has 0 saturated heterocycles. The van der Waals surface area contributed by atoms with Crippen LogP contribution in [0.5, 0.6) is 5.75 Å². The maximum atomic E-state index is 13.2. The van der Waals surface area contributed by atoms with Gasteiger partial charge in [0.25, 0.3) is 0 Å². The van der Waals surface area contributed by atoms with Gasteiger partial charge < -0.3 is 0 Å². The molecule has 0 aliphatic carbocycles. The molecule has 0 aliphatic heterocycles.